The quantitative estimate of drug-likeness (QED) is 0.591. The number of carbonyl (C=O) groups is 1. The molecule has 1 amide bonds. The highest BCUT2D eigenvalue weighted by atomic mass is 35.5. The second-order valence-electron chi connectivity index (χ2n) is 7.37. The van der Waals surface area contributed by atoms with Crippen LogP contribution in [0.15, 0.2) is 72.0 Å². The van der Waals surface area contributed by atoms with E-state index in [1.807, 2.05) is 23.1 Å². The maximum absolute atomic E-state index is 12.6. The van der Waals surface area contributed by atoms with Crippen molar-refractivity contribution in [3.63, 3.8) is 0 Å². The van der Waals surface area contributed by atoms with Gasteiger partial charge in [-0.1, -0.05) is 23.7 Å². The average molecular weight is 474 g/mol. The van der Waals surface area contributed by atoms with Crippen molar-refractivity contribution < 1.29 is 14.6 Å². The Kier molecular flexibility index (Phi) is 6.57. The molecule has 1 saturated heterocycles. The van der Waals surface area contributed by atoms with Gasteiger partial charge in [-0.05, 0) is 48.0 Å². The number of halogens is 1. The lowest BCUT2D eigenvalue weighted by atomic mass is 10.1. The molecule has 0 atom stereocenters. The van der Waals surface area contributed by atoms with Crippen molar-refractivity contribution in [1.29, 1.82) is 0 Å². The van der Waals surface area contributed by atoms with E-state index in [1.165, 1.54) is 18.6 Å². The van der Waals surface area contributed by atoms with Gasteiger partial charge in [0.05, 0.1) is 11.3 Å². The third kappa shape index (κ3) is 5.35. The highest BCUT2D eigenvalue weighted by Crippen LogP contribution is 2.21. The van der Waals surface area contributed by atoms with Gasteiger partial charge in [0.15, 0.2) is 0 Å². The molecule has 1 N–H and O–H groups in total. The van der Waals surface area contributed by atoms with Gasteiger partial charge in [0.25, 0.3) is 10.0 Å². The van der Waals surface area contributed by atoms with E-state index < -0.39 is 10.0 Å². The van der Waals surface area contributed by atoms with Crippen LogP contribution in [0.2, 0.25) is 5.02 Å². The van der Waals surface area contributed by atoms with Crippen molar-refractivity contribution in [3.8, 4) is 0 Å². The molecule has 0 radical (unpaired) electrons. The molecule has 10 heteroatoms. The molecule has 32 heavy (non-hydrogen) atoms. The molecule has 4 rings (SSSR count). The summed E-state index contributed by atoms with van der Waals surface area (Å²) in [6.07, 6.45) is 3.07. The standard InChI is InChI=1S/C22H22ClN5O3S.H2/c23-18-3-1-2-17(14-18)15-22(29)28-12-10-27(11-13-28)19-4-6-20(7-5-19)32(30,31)26-21-8-9-24-16-25-21;/h1-9,14,16H,10-13,15H2,(H,24,25,26);1H. The van der Waals surface area contributed by atoms with Crippen LogP contribution in [0.25, 0.3) is 0 Å². The summed E-state index contributed by atoms with van der Waals surface area (Å²) in [5.41, 5.74) is 1.81. The van der Waals surface area contributed by atoms with Crippen molar-refractivity contribution in [3.05, 3.63) is 77.7 Å². The smallest absolute Gasteiger partial charge is 0.263 e. The number of amides is 1. The van der Waals surface area contributed by atoms with Crippen molar-refractivity contribution in [2.24, 2.45) is 0 Å². The van der Waals surface area contributed by atoms with Crippen LogP contribution in [0.5, 0.6) is 0 Å². The zero-order valence-corrected chi connectivity index (χ0v) is 18.8. The van der Waals surface area contributed by atoms with Crippen LogP contribution in [0.1, 0.15) is 6.99 Å². The summed E-state index contributed by atoms with van der Waals surface area (Å²) < 4.78 is 27.5. The summed E-state index contributed by atoms with van der Waals surface area (Å²) in [6, 6.07) is 15.5. The number of aromatic nitrogens is 2. The molecule has 0 aliphatic carbocycles. The first-order valence-corrected chi connectivity index (χ1v) is 11.9. The molecule has 0 spiro atoms. The first-order chi connectivity index (χ1) is 15.4. The predicted molar refractivity (Wildman–Crippen MR) is 125 cm³/mol. The van der Waals surface area contributed by atoms with Crippen molar-refractivity contribution >= 4 is 39.0 Å². The second-order valence-corrected chi connectivity index (χ2v) is 9.49. The SMILES string of the molecule is O=C(Cc1cccc(Cl)c1)N1CCN(c2ccc(S(=O)(=O)Nc3ccncn3)cc2)CC1.[HH]. The number of sulfonamides is 1. The van der Waals surface area contributed by atoms with E-state index in [0.717, 1.165) is 11.3 Å². The number of hydrogen-bond donors (Lipinski definition) is 1. The lowest BCUT2D eigenvalue weighted by Crippen LogP contribution is -2.49. The van der Waals surface area contributed by atoms with Crippen LogP contribution in [0, 0.1) is 0 Å². The Bertz CT molecular complexity index is 1190. The topological polar surface area (TPSA) is 95.5 Å². The summed E-state index contributed by atoms with van der Waals surface area (Å²) in [6.45, 7) is 2.56. The molecule has 2 aromatic carbocycles. The number of benzene rings is 2. The molecule has 0 unspecified atom stereocenters. The molecule has 0 bridgehead atoms. The van der Waals surface area contributed by atoms with Crippen molar-refractivity contribution in [2.45, 2.75) is 11.3 Å². The summed E-state index contributed by atoms with van der Waals surface area (Å²) in [5.74, 6) is 0.284. The van der Waals surface area contributed by atoms with Gasteiger partial charge in [0, 0.05) is 44.5 Å². The van der Waals surface area contributed by atoms with E-state index in [0.29, 0.717) is 37.6 Å². The third-order valence-electron chi connectivity index (χ3n) is 5.21. The van der Waals surface area contributed by atoms with E-state index in [4.69, 9.17) is 11.6 Å². The zero-order valence-electron chi connectivity index (χ0n) is 17.2. The van der Waals surface area contributed by atoms with Gasteiger partial charge in [-0.25, -0.2) is 18.4 Å². The fourth-order valence-corrected chi connectivity index (χ4v) is 4.75. The minimum atomic E-state index is -3.73. The fourth-order valence-electron chi connectivity index (χ4n) is 3.53. The maximum atomic E-state index is 12.6. The molecule has 1 fully saturated rings. The number of anilines is 2. The van der Waals surface area contributed by atoms with Crippen LogP contribution in [-0.2, 0) is 21.2 Å². The second kappa shape index (κ2) is 9.54. The maximum Gasteiger partial charge on any atom is 0.263 e. The molecule has 1 aromatic heterocycles. The van der Waals surface area contributed by atoms with Crippen LogP contribution in [0.3, 0.4) is 0 Å². The van der Waals surface area contributed by atoms with E-state index in [1.54, 1.807) is 30.3 Å². The molecular weight excluding hydrogens is 450 g/mol. The number of hydrogen-bond acceptors (Lipinski definition) is 6. The molecule has 8 nitrogen and oxygen atoms in total. The van der Waals surface area contributed by atoms with Gasteiger partial charge in [0.2, 0.25) is 5.91 Å². The third-order valence-corrected chi connectivity index (χ3v) is 6.82. The van der Waals surface area contributed by atoms with Crippen LogP contribution < -0.4 is 9.62 Å². The van der Waals surface area contributed by atoms with Crippen LogP contribution in [-0.4, -0.2) is 55.4 Å². The Morgan fingerprint density at radius 3 is 2.47 bits per heavy atom. The summed E-state index contributed by atoms with van der Waals surface area (Å²) in [4.78, 5) is 24.4. The Morgan fingerprint density at radius 1 is 1.06 bits per heavy atom. The van der Waals surface area contributed by atoms with E-state index in [2.05, 4.69) is 19.6 Å². The fraction of sp³-hybridized carbons (Fsp3) is 0.227. The Hall–Kier alpha value is -3.17. The Morgan fingerprint density at radius 2 is 1.81 bits per heavy atom. The molecule has 1 aliphatic rings. The minimum Gasteiger partial charge on any atom is -0.368 e. The minimum absolute atomic E-state index is 0. The van der Waals surface area contributed by atoms with Crippen LogP contribution >= 0.6 is 11.6 Å². The molecule has 3 aromatic rings. The number of rotatable bonds is 6. The van der Waals surface area contributed by atoms with E-state index in [-0.39, 0.29) is 18.0 Å². The number of nitrogens with one attached hydrogen (secondary N) is 1. The zero-order chi connectivity index (χ0) is 22.6. The summed E-state index contributed by atoms with van der Waals surface area (Å²) in [5, 5.41) is 0.623. The van der Waals surface area contributed by atoms with E-state index >= 15 is 0 Å². The Labute approximate surface area is 193 Å². The van der Waals surface area contributed by atoms with Gasteiger partial charge in [0.1, 0.15) is 12.1 Å². The van der Waals surface area contributed by atoms with Gasteiger partial charge < -0.3 is 9.80 Å². The molecule has 2 heterocycles. The van der Waals surface area contributed by atoms with Gasteiger partial charge >= 0.3 is 0 Å². The summed E-state index contributed by atoms with van der Waals surface area (Å²) in [7, 11) is -3.73. The Balaban J connectivity index is 0.00000306. The summed E-state index contributed by atoms with van der Waals surface area (Å²) >= 11 is 6.00. The highest BCUT2D eigenvalue weighted by Gasteiger charge is 2.22. The monoisotopic (exact) mass is 473 g/mol. The largest absolute Gasteiger partial charge is 0.368 e. The number of carbonyl (C=O) groups excluding carboxylic acids is 1. The van der Waals surface area contributed by atoms with Crippen molar-refractivity contribution in [1.82, 2.24) is 14.9 Å². The molecular formula is C22H24ClN5O3S. The van der Waals surface area contributed by atoms with Gasteiger partial charge in [-0.2, -0.15) is 0 Å². The highest BCUT2D eigenvalue weighted by molar-refractivity contribution is 7.92. The number of nitrogens with zero attached hydrogens (tertiary/aromatic N) is 4. The normalized spacial score (nSPS) is 14.3. The lowest BCUT2D eigenvalue weighted by Gasteiger charge is -2.36. The van der Waals surface area contributed by atoms with Gasteiger partial charge in [-0.15, -0.1) is 0 Å². The molecule has 1 aliphatic heterocycles. The van der Waals surface area contributed by atoms with Gasteiger partial charge in [-0.3, -0.25) is 9.52 Å². The van der Waals surface area contributed by atoms with Crippen LogP contribution in [0.4, 0.5) is 11.5 Å². The first kappa shape index (κ1) is 22.0. The average Bonchev–Trinajstić information content (AvgIpc) is 2.80. The molecule has 0 saturated carbocycles. The molecule has 168 valence electrons. The van der Waals surface area contributed by atoms with E-state index in [9.17, 15) is 13.2 Å². The lowest BCUT2D eigenvalue weighted by molar-refractivity contribution is -0.130. The number of piperazine rings is 1. The first-order valence-electron chi connectivity index (χ1n) is 10.1. The predicted octanol–water partition coefficient (Wildman–Crippen LogP) is 3.07. The van der Waals surface area contributed by atoms with Crippen molar-refractivity contribution in [2.75, 3.05) is 35.8 Å².